The zero-order valence-electron chi connectivity index (χ0n) is 2.67. The summed E-state index contributed by atoms with van der Waals surface area (Å²) in [6.07, 6.45) is 0. The van der Waals surface area contributed by atoms with Crippen LogP contribution < -0.4 is 22.5 Å². The molecule has 0 N–H and O–H groups in total. The van der Waals surface area contributed by atoms with Gasteiger partial charge in [-0.25, -0.2) is 0 Å². The number of hydrogen-bond donors (Lipinski definition) is 0. The maximum absolute atomic E-state index is 8.60. The molecule has 0 bridgehead atoms. The first-order valence-electron chi connectivity index (χ1n) is 0.548. The third-order valence-electron chi connectivity index (χ3n) is 0. The molecule has 0 atom stereocenters. The molecule has 0 unspecified atom stereocenters. The molecule has 0 radical (unpaired) electrons. The molecule has 0 heterocycles. The van der Waals surface area contributed by atoms with E-state index >= 15 is 0 Å². The summed E-state index contributed by atoms with van der Waals surface area (Å²) >= 11 is -4.20. The summed E-state index contributed by atoms with van der Waals surface area (Å²) < 4.78 is 25.8. The van der Waals surface area contributed by atoms with Gasteiger partial charge < -0.3 is 0 Å². The van der Waals surface area contributed by atoms with E-state index in [4.69, 9.17) is 10.1 Å². The van der Waals surface area contributed by atoms with Crippen LogP contribution in [0.15, 0.2) is 0 Å². The molecule has 28 valence electrons. The summed E-state index contributed by atoms with van der Waals surface area (Å²) in [5.41, 5.74) is 0. The molecule has 0 aromatic rings. The number of hydrogen-bond acceptors (Lipinski definition) is 3. The molecule has 0 spiro atoms. The van der Waals surface area contributed by atoms with Gasteiger partial charge in [0.05, 0.1) is 0 Å². The zero-order chi connectivity index (χ0) is 3.58. The standard InChI is InChI=1S/K.Li.Nb.3O.Rb.2H/q;+1;;;;-1;;;. The molecule has 0 aliphatic heterocycles. The van der Waals surface area contributed by atoms with Crippen LogP contribution in [0, 0.1) is 0 Å². The van der Waals surface area contributed by atoms with Gasteiger partial charge in [-0.2, -0.15) is 0 Å². The van der Waals surface area contributed by atoms with Gasteiger partial charge in [-0.3, -0.25) is 0 Å². The molecule has 0 aliphatic rings. The van der Waals surface area contributed by atoms with Gasteiger partial charge in [0.1, 0.15) is 0 Å². The summed E-state index contributed by atoms with van der Waals surface area (Å²) in [6, 6.07) is 0. The van der Waals surface area contributed by atoms with Crippen LogP contribution >= 0.6 is 0 Å². The van der Waals surface area contributed by atoms with Gasteiger partial charge in [-0.1, -0.05) is 0 Å². The van der Waals surface area contributed by atoms with Gasteiger partial charge in [0, 0.05) is 0 Å². The SMILES string of the molecule is [KH].[Li+].[O]=[Nb](=[O])[O-].[RbH]. The first-order chi connectivity index (χ1) is 1.73. The van der Waals surface area contributed by atoms with Crippen LogP contribution in [0.4, 0.5) is 0 Å². The van der Waals surface area contributed by atoms with E-state index < -0.39 is 18.8 Å². The monoisotopic (exact) mass is 274 g/mol. The predicted octanol–water partition coefficient (Wildman–Crippen LogP) is -5.72. The first-order valence-corrected chi connectivity index (χ1v) is 3.24. The van der Waals surface area contributed by atoms with E-state index in [1.54, 1.807) is 0 Å². The molecule has 3 nitrogen and oxygen atoms in total. The Labute approximate surface area is 152 Å². The molecule has 0 aromatic heterocycles. The van der Waals surface area contributed by atoms with Gasteiger partial charge in [-0.05, 0) is 0 Å². The van der Waals surface area contributed by atoms with Crippen molar-refractivity contribution in [3.8, 4) is 0 Å². The van der Waals surface area contributed by atoms with Crippen molar-refractivity contribution in [2.24, 2.45) is 0 Å². The Balaban J connectivity index is -0.0000000150. The van der Waals surface area contributed by atoms with Crippen molar-refractivity contribution < 1.29 is 47.8 Å². The zero-order valence-corrected chi connectivity index (χ0v) is 4.87. The van der Waals surface area contributed by atoms with Crippen LogP contribution in [0.1, 0.15) is 0 Å². The van der Waals surface area contributed by atoms with Crippen molar-refractivity contribution in [2.45, 2.75) is 0 Å². The van der Waals surface area contributed by atoms with Crippen LogP contribution in [0.3, 0.4) is 0 Å². The molecule has 7 heavy (non-hydrogen) atoms. The van der Waals surface area contributed by atoms with E-state index in [2.05, 4.69) is 0 Å². The Kier molecular flexibility index (Phi) is 53.8. The topological polar surface area (TPSA) is 57.2 Å². The van der Waals surface area contributed by atoms with E-state index in [1.807, 2.05) is 0 Å². The third kappa shape index (κ3) is 38.2. The Hall–Kier alpha value is 4.34. The van der Waals surface area contributed by atoms with Gasteiger partial charge >= 0.3 is 157 Å². The van der Waals surface area contributed by atoms with Crippen LogP contribution in [-0.2, 0) is 25.3 Å². The maximum atomic E-state index is 8.60. The summed E-state index contributed by atoms with van der Waals surface area (Å²) in [4.78, 5) is 0. The van der Waals surface area contributed by atoms with Crippen molar-refractivity contribution in [3.63, 3.8) is 0 Å². The van der Waals surface area contributed by atoms with E-state index in [1.165, 1.54) is 0 Å². The fourth-order valence-electron chi connectivity index (χ4n) is 0. The number of rotatable bonds is 0. The Morgan fingerprint density at radius 1 is 1.29 bits per heavy atom. The third-order valence-corrected chi connectivity index (χ3v) is 0. The van der Waals surface area contributed by atoms with Crippen LogP contribution in [-0.4, -0.2) is 110 Å². The average molecular weight is 274 g/mol. The minimum atomic E-state index is -4.20. The molecule has 0 saturated heterocycles. The summed E-state index contributed by atoms with van der Waals surface area (Å²) in [6.45, 7) is 0. The minimum absolute atomic E-state index is 0. The van der Waals surface area contributed by atoms with Crippen LogP contribution in [0.25, 0.3) is 0 Å². The molecule has 0 amide bonds. The van der Waals surface area contributed by atoms with E-state index in [0.29, 0.717) is 0 Å². The van der Waals surface area contributed by atoms with Gasteiger partial charge in [0.15, 0.2) is 0 Å². The van der Waals surface area contributed by atoms with Gasteiger partial charge in [0.2, 0.25) is 0 Å². The van der Waals surface area contributed by atoms with Crippen molar-refractivity contribution in [3.05, 3.63) is 0 Å². The predicted molar refractivity (Wildman–Crippen MR) is 15.7 cm³/mol. The molecule has 0 rings (SSSR count). The average Bonchev–Trinajstić information content (AvgIpc) is 0.811. The van der Waals surface area contributed by atoms with E-state index in [9.17, 15) is 0 Å². The van der Waals surface area contributed by atoms with Gasteiger partial charge in [-0.15, -0.1) is 0 Å². The summed E-state index contributed by atoms with van der Waals surface area (Å²) in [5, 5.41) is 0. The molecule has 0 aromatic carbocycles. The van der Waals surface area contributed by atoms with Crippen molar-refractivity contribution in [1.29, 1.82) is 0 Å². The van der Waals surface area contributed by atoms with Crippen LogP contribution in [0.5, 0.6) is 0 Å². The molecule has 0 saturated carbocycles. The molecule has 0 fully saturated rings. The van der Waals surface area contributed by atoms with E-state index in [0.717, 1.165) is 0 Å². The van der Waals surface area contributed by atoms with Crippen molar-refractivity contribution >= 4 is 110 Å². The Morgan fingerprint density at radius 2 is 1.29 bits per heavy atom. The van der Waals surface area contributed by atoms with Gasteiger partial charge in [0.25, 0.3) is 0 Å². The second-order valence-corrected chi connectivity index (χ2v) is 1.32. The Morgan fingerprint density at radius 3 is 1.29 bits per heavy atom. The fraction of sp³-hybridized carbons (Fsp3) is 0. The summed E-state index contributed by atoms with van der Waals surface area (Å²) in [7, 11) is 0. The molecular formula is H2KLiNbO3Rb. The first kappa shape index (κ1) is 22.5. The van der Waals surface area contributed by atoms with Crippen molar-refractivity contribution in [1.82, 2.24) is 0 Å². The molecule has 7 heteroatoms. The van der Waals surface area contributed by atoms with Crippen molar-refractivity contribution in [2.75, 3.05) is 0 Å². The Bertz CT molecular complexity index is 63.3. The normalized spacial score (nSPS) is 3.57. The second kappa shape index (κ2) is 16.7. The fourth-order valence-corrected chi connectivity index (χ4v) is 0. The quantitative estimate of drug-likeness (QED) is 0.414. The summed E-state index contributed by atoms with van der Waals surface area (Å²) in [5.74, 6) is 0. The van der Waals surface area contributed by atoms with E-state index in [-0.39, 0.29) is 128 Å². The van der Waals surface area contributed by atoms with Crippen LogP contribution in [0.2, 0.25) is 0 Å². The second-order valence-electron chi connectivity index (χ2n) is 0.224. The molecule has 0 aliphatic carbocycles. The molecular weight excluding hydrogens is 272 g/mol.